The van der Waals surface area contributed by atoms with E-state index in [4.69, 9.17) is 0 Å². The van der Waals surface area contributed by atoms with Crippen molar-refractivity contribution in [2.24, 2.45) is 23.7 Å². The van der Waals surface area contributed by atoms with Crippen LogP contribution >= 0.6 is 18.5 Å². The summed E-state index contributed by atoms with van der Waals surface area (Å²) in [7, 11) is 6.02. The van der Waals surface area contributed by atoms with E-state index in [1.165, 1.54) is 0 Å². The Morgan fingerprint density at radius 1 is 0.593 bits per heavy atom. The molecule has 2 unspecified atom stereocenters. The van der Waals surface area contributed by atoms with Crippen LogP contribution in [-0.2, 0) is 16.5 Å². The molecule has 168 valence electrons. The fraction of sp³-hybridized carbons (Fsp3) is 0.818. The molecule has 0 nitrogen and oxygen atoms in total. The summed E-state index contributed by atoms with van der Waals surface area (Å²) in [5, 5.41) is 0.575. The van der Waals surface area contributed by atoms with Crippen molar-refractivity contribution in [2.45, 2.75) is 92.4 Å². The second-order valence-corrected chi connectivity index (χ2v) is 10.2. The van der Waals surface area contributed by atoms with Crippen molar-refractivity contribution < 1.29 is 41.3 Å². The third-order valence-corrected chi connectivity index (χ3v) is 8.34. The van der Waals surface area contributed by atoms with Crippen molar-refractivity contribution in [1.82, 2.24) is 0 Å². The molecule has 0 rings (SSSR count). The average Bonchev–Trinajstić information content (AvgIpc) is 2.49. The Morgan fingerprint density at radius 2 is 0.778 bits per heavy atom. The van der Waals surface area contributed by atoms with Gasteiger partial charge in [0, 0.05) is 10.3 Å². The zero-order valence-electron chi connectivity index (χ0n) is 19.3. The van der Waals surface area contributed by atoms with Crippen LogP contribution in [0.4, 0.5) is 0 Å². The molecular formula is C22H46Cl2NiP2. The minimum absolute atomic E-state index is 0. The molecule has 0 N–H and O–H groups in total. The number of allylic oxidation sites excluding steroid dienone is 4. The van der Waals surface area contributed by atoms with Crippen LogP contribution in [0, 0.1) is 23.7 Å². The summed E-state index contributed by atoms with van der Waals surface area (Å²) in [6.45, 7) is 22.6. The SMILES string of the molecule is CCC=CC(P)(C(C)C)C(C)C.CCC=CC(P)(C(C)C)C(C)C.[Cl-].[Cl-].[Ni+2]. The Morgan fingerprint density at radius 3 is 0.889 bits per heavy atom. The average molecular weight is 502 g/mol. The molecular weight excluding hydrogens is 456 g/mol. The maximum atomic E-state index is 3.01. The van der Waals surface area contributed by atoms with Gasteiger partial charge in [-0.05, 0) is 36.5 Å². The van der Waals surface area contributed by atoms with E-state index in [1.54, 1.807) is 0 Å². The number of hydrogen-bond acceptors (Lipinski definition) is 0. The summed E-state index contributed by atoms with van der Waals surface area (Å²) < 4.78 is 0. The standard InChI is InChI=1S/2C11H23P.2ClH.Ni/c2*1-6-7-8-11(12,9(2)3)10(4)5;;;/h2*7-10H,6,12H2,1-5H3;2*1H;/q;;;;+2/p-2. The van der Waals surface area contributed by atoms with E-state index in [-0.39, 0.29) is 51.6 Å². The van der Waals surface area contributed by atoms with Gasteiger partial charge in [-0.25, -0.2) is 0 Å². The maximum absolute atomic E-state index is 3.01. The molecule has 0 aliphatic rings. The summed E-state index contributed by atoms with van der Waals surface area (Å²) in [5.74, 6) is 2.74. The summed E-state index contributed by atoms with van der Waals surface area (Å²) in [5.41, 5.74) is 0. The largest absolute Gasteiger partial charge is 2.00 e. The Bertz CT molecular complexity index is 327. The zero-order valence-corrected chi connectivity index (χ0v) is 24.1. The van der Waals surface area contributed by atoms with E-state index >= 15 is 0 Å². The van der Waals surface area contributed by atoms with Crippen LogP contribution in [-0.4, -0.2) is 10.3 Å². The first kappa shape index (κ1) is 39.0. The van der Waals surface area contributed by atoms with E-state index < -0.39 is 0 Å². The van der Waals surface area contributed by atoms with Crippen LogP contribution < -0.4 is 24.8 Å². The van der Waals surface area contributed by atoms with Crippen molar-refractivity contribution in [1.29, 1.82) is 0 Å². The molecule has 0 spiro atoms. The molecule has 0 aromatic heterocycles. The third kappa shape index (κ3) is 14.1. The number of rotatable bonds is 8. The number of hydrogen-bond donors (Lipinski definition) is 0. The van der Waals surface area contributed by atoms with Gasteiger partial charge in [-0.1, -0.05) is 93.5 Å². The Labute approximate surface area is 199 Å². The first-order valence-corrected chi connectivity index (χ1v) is 11.0. The van der Waals surface area contributed by atoms with E-state index in [9.17, 15) is 0 Å². The quantitative estimate of drug-likeness (QED) is 0.270. The molecule has 0 saturated carbocycles. The molecule has 5 heteroatoms. The van der Waals surface area contributed by atoms with Crippen LogP contribution in [0.2, 0.25) is 0 Å². The van der Waals surface area contributed by atoms with E-state index in [2.05, 4.69) is 112 Å². The first-order chi connectivity index (χ1) is 10.9. The molecule has 0 radical (unpaired) electrons. The van der Waals surface area contributed by atoms with E-state index in [0.29, 0.717) is 23.7 Å². The van der Waals surface area contributed by atoms with Crippen LogP contribution in [0.25, 0.3) is 0 Å². The molecule has 0 aromatic rings. The molecule has 0 aromatic carbocycles. The topological polar surface area (TPSA) is 0 Å². The van der Waals surface area contributed by atoms with E-state index in [1.807, 2.05) is 0 Å². The summed E-state index contributed by atoms with van der Waals surface area (Å²) in [6, 6.07) is 0. The van der Waals surface area contributed by atoms with Gasteiger partial charge in [-0.2, -0.15) is 0 Å². The van der Waals surface area contributed by atoms with Crippen molar-refractivity contribution in [3.63, 3.8) is 0 Å². The maximum Gasteiger partial charge on any atom is 2.00 e. The van der Waals surface area contributed by atoms with Gasteiger partial charge >= 0.3 is 16.5 Å². The van der Waals surface area contributed by atoms with Crippen molar-refractivity contribution in [2.75, 3.05) is 0 Å². The van der Waals surface area contributed by atoms with E-state index in [0.717, 1.165) is 12.8 Å². The molecule has 0 amide bonds. The van der Waals surface area contributed by atoms with Crippen LogP contribution in [0.1, 0.15) is 82.1 Å². The molecule has 0 saturated heterocycles. The molecule has 0 fully saturated rings. The molecule has 0 aliphatic heterocycles. The van der Waals surface area contributed by atoms with Gasteiger partial charge in [0.05, 0.1) is 0 Å². The van der Waals surface area contributed by atoms with Crippen LogP contribution in [0.5, 0.6) is 0 Å². The Hall–Kier alpha value is 1.41. The van der Waals surface area contributed by atoms with Crippen molar-refractivity contribution >= 4 is 18.5 Å². The fourth-order valence-corrected chi connectivity index (χ4v) is 3.02. The van der Waals surface area contributed by atoms with Crippen LogP contribution in [0.3, 0.4) is 0 Å². The molecule has 2 atom stereocenters. The first-order valence-electron chi connectivity index (χ1n) is 9.83. The second kappa shape index (κ2) is 19.4. The molecule has 0 aliphatic carbocycles. The van der Waals surface area contributed by atoms with Crippen molar-refractivity contribution in [3.05, 3.63) is 24.3 Å². The van der Waals surface area contributed by atoms with Gasteiger partial charge in [0.2, 0.25) is 0 Å². The van der Waals surface area contributed by atoms with Gasteiger partial charge in [-0.15, -0.1) is 18.5 Å². The molecule has 0 heterocycles. The minimum Gasteiger partial charge on any atom is -1.00 e. The minimum atomic E-state index is 0. The normalized spacial score (nSPS) is 12.1. The molecule has 27 heavy (non-hydrogen) atoms. The number of halogens is 2. The smallest absolute Gasteiger partial charge is 1.00 e. The summed E-state index contributed by atoms with van der Waals surface area (Å²) in [6.07, 6.45) is 11.5. The Balaban J connectivity index is -0.000000108. The molecule has 0 bridgehead atoms. The monoisotopic (exact) mass is 500 g/mol. The fourth-order valence-electron chi connectivity index (χ4n) is 2.75. The second-order valence-electron chi connectivity index (χ2n) is 8.24. The summed E-state index contributed by atoms with van der Waals surface area (Å²) >= 11 is 0. The van der Waals surface area contributed by atoms with Crippen LogP contribution in [0.15, 0.2) is 24.3 Å². The van der Waals surface area contributed by atoms with Gasteiger partial charge < -0.3 is 24.8 Å². The Kier molecular flexibility index (Phi) is 28.0. The zero-order chi connectivity index (χ0) is 19.6. The van der Waals surface area contributed by atoms with Gasteiger partial charge in [0.1, 0.15) is 0 Å². The van der Waals surface area contributed by atoms with Crippen molar-refractivity contribution in [3.8, 4) is 0 Å². The van der Waals surface area contributed by atoms with Gasteiger partial charge in [0.15, 0.2) is 0 Å². The van der Waals surface area contributed by atoms with Gasteiger partial charge in [-0.3, -0.25) is 0 Å². The van der Waals surface area contributed by atoms with Gasteiger partial charge in [0.25, 0.3) is 0 Å². The summed E-state index contributed by atoms with van der Waals surface area (Å²) in [4.78, 5) is 0. The predicted molar refractivity (Wildman–Crippen MR) is 123 cm³/mol. The predicted octanol–water partition coefficient (Wildman–Crippen LogP) is 1.76. The third-order valence-electron chi connectivity index (χ3n) is 5.28.